The van der Waals surface area contributed by atoms with Gasteiger partial charge >= 0.3 is 0 Å². The molecular formula is C22H24N2O2S2. The van der Waals surface area contributed by atoms with Crippen molar-refractivity contribution >= 4 is 51.7 Å². The van der Waals surface area contributed by atoms with Crippen LogP contribution in [0.1, 0.15) is 25.3 Å². The number of anilines is 2. The number of thioether (sulfide) groups is 1. The molecule has 2 aromatic rings. The fourth-order valence-electron chi connectivity index (χ4n) is 2.74. The number of thiocarbonyl (C=S) groups is 1. The fraction of sp³-hybridized carbons (Fsp3) is 0.273. The second-order valence-electron chi connectivity index (χ2n) is 6.70. The van der Waals surface area contributed by atoms with Crippen LogP contribution in [0, 0.1) is 0 Å². The van der Waals surface area contributed by atoms with Crippen molar-refractivity contribution in [3.8, 4) is 5.75 Å². The number of unbranched alkanes of at least 4 members (excludes halogenated alkanes) is 1. The summed E-state index contributed by atoms with van der Waals surface area (Å²) < 4.78 is 6.23. The number of nitrogens with zero attached hydrogens (tertiary/aromatic N) is 2. The van der Waals surface area contributed by atoms with Gasteiger partial charge in [0.25, 0.3) is 5.91 Å². The third-order valence-electron chi connectivity index (χ3n) is 4.36. The van der Waals surface area contributed by atoms with Gasteiger partial charge in [-0.2, -0.15) is 0 Å². The monoisotopic (exact) mass is 412 g/mol. The van der Waals surface area contributed by atoms with Crippen LogP contribution >= 0.6 is 24.0 Å². The molecule has 0 spiro atoms. The Kier molecular flexibility index (Phi) is 6.75. The van der Waals surface area contributed by atoms with Gasteiger partial charge in [0.05, 0.1) is 17.2 Å². The van der Waals surface area contributed by atoms with E-state index in [9.17, 15) is 4.79 Å². The van der Waals surface area contributed by atoms with E-state index >= 15 is 0 Å². The summed E-state index contributed by atoms with van der Waals surface area (Å²) in [6, 6.07) is 15.6. The molecule has 0 aromatic heterocycles. The molecule has 6 heteroatoms. The van der Waals surface area contributed by atoms with Crippen molar-refractivity contribution in [3.05, 3.63) is 59.0 Å². The van der Waals surface area contributed by atoms with E-state index in [1.54, 1.807) is 4.90 Å². The summed E-state index contributed by atoms with van der Waals surface area (Å²) in [7, 11) is 3.97. The topological polar surface area (TPSA) is 32.8 Å². The summed E-state index contributed by atoms with van der Waals surface area (Å²) in [5.41, 5.74) is 2.81. The highest BCUT2D eigenvalue weighted by molar-refractivity contribution is 8.27. The van der Waals surface area contributed by atoms with Gasteiger partial charge in [0.1, 0.15) is 5.75 Å². The van der Waals surface area contributed by atoms with Crippen LogP contribution in [0.25, 0.3) is 6.08 Å². The zero-order valence-corrected chi connectivity index (χ0v) is 18.0. The highest BCUT2D eigenvalue weighted by Gasteiger charge is 2.33. The van der Waals surface area contributed by atoms with Gasteiger partial charge in [-0.15, -0.1) is 0 Å². The van der Waals surface area contributed by atoms with Gasteiger partial charge in [-0.25, -0.2) is 0 Å². The van der Waals surface area contributed by atoms with E-state index in [-0.39, 0.29) is 5.91 Å². The number of amides is 1. The molecule has 0 saturated carbocycles. The third kappa shape index (κ3) is 4.75. The Hall–Kier alpha value is -2.31. The van der Waals surface area contributed by atoms with E-state index in [1.807, 2.05) is 73.6 Å². The number of hydrogen-bond donors (Lipinski definition) is 0. The Balaban J connectivity index is 1.73. The van der Waals surface area contributed by atoms with Crippen molar-refractivity contribution in [3.63, 3.8) is 0 Å². The smallest absolute Gasteiger partial charge is 0.270 e. The minimum absolute atomic E-state index is 0.0872. The molecule has 1 aliphatic rings. The molecular weight excluding hydrogens is 388 g/mol. The Morgan fingerprint density at radius 1 is 1.11 bits per heavy atom. The van der Waals surface area contributed by atoms with Crippen LogP contribution in [-0.2, 0) is 4.79 Å². The van der Waals surface area contributed by atoms with Crippen molar-refractivity contribution in [1.82, 2.24) is 0 Å². The van der Waals surface area contributed by atoms with Gasteiger partial charge in [-0.1, -0.05) is 49.5 Å². The Morgan fingerprint density at radius 3 is 2.39 bits per heavy atom. The maximum absolute atomic E-state index is 12.9. The lowest BCUT2D eigenvalue weighted by atomic mass is 10.2. The fourth-order valence-corrected chi connectivity index (χ4v) is 4.04. The van der Waals surface area contributed by atoms with Crippen LogP contribution in [0.3, 0.4) is 0 Å². The van der Waals surface area contributed by atoms with Gasteiger partial charge in [-0.05, 0) is 54.5 Å². The summed E-state index contributed by atoms with van der Waals surface area (Å²) >= 11 is 6.78. The number of hydrogen-bond acceptors (Lipinski definition) is 5. The summed E-state index contributed by atoms with van der Waals surface area (Å²) in [5, 5.41) is 0. The summed E-state index contributed by atoms with van der Waals surface area (Å²) in [5.74, 6) is 0.759. The number of ether oxygens (including phenoxy) is 1. The molecule has 1 heterocycles. The molecule has 1 aliphatic heterocycles. The lowest BCUT2D eigenvalue weighted by Gasteiger charge is -2.17. The molecule has 0 bridgehead atoms. The Bertz CT molecular complexity index is 874. The molecule has 3 rings (SSSR count). The second-order valence-corrected chi connectivity index (χ2v) is 8.37. The number of carbonyl (C=O) groups excluding carboxylic acids is 1. The van der Waals surface area contributed by atoms with Crippen LogP contribution < -0.4 is 14.5 Å². The summed E-state index contributed by atoms with van der Waals surface area (Å²) in [4.78, 5) is 17.1. The average Bonchev–Trinajstić information content (AvgIpc) is 2.96. The number of carbonyl (C=O) groups is 1. The van der Waals surface area contributed by atoms with E-state index in [0.717, 1.165) is 42.1 Å². The summed E-state index contributed by atoms with van der Waals surface area (Å²) in [6.07, 6.45) is 4.03. The lowest BCUT2D eigenvalue weighted by molar-refractivity contribution is -0.113. The minimum atomic E-state index is -0.0872. The molecule has 0 atom stereocenters. The minimum Gasteiger partial charge on any atom is -0.494 e. The van der Waals surface area contributed by atoms with E-state index < -0.39 is 0 Å². The molecule has 28 heavy (non-hydrogen) atoms. The van der Waals surface area contributed by atoms with E-state index in [4.69, 9.17) is 17.0 Å². The van der Waals surface area contributed by atoms with Crippen molar-refractivity contribution in [1.29, 1.82) is 0 Å². The normalized spacial score (nSPS) is 15.4. The molecule has 2 aromatic carbocycles. The van der Waals surface area contributed by atoms with E-state index in [2.05, 4.69) is 6.92 Å². The number of rotatable bonds is 7. The molecule has 0 aliphatic carbocycles. The quantitative estimate of drug-likeness (QED) is 0.348. The SMILES string of the molecule is CCCCOc1ccc(/C=C2\SC(=S)N(c3ccc(N(C)C)cc3)C2=O)cc1. The molecule has 0 radical (unpaired) electrons. The molecule has 0 unspecified atom stereocenters. The molecule has 1 saturated heterocycles. The predicted molar refractivity (Wildman–Crippen MR) is 123 cm³/mol. The maximum atomic E-state index is 12.9. The predicted octanol–water partition coefficient (Wildman–Crippen LogP) is 5.34. The van der Waals surface area contributed by atoms with Crippen LogP contribution in [0.2, 0.25) is 0 Å². The maximum Gasteiger partial charge on any atom is 0.270 e. The lowest BCUT2D eigenvalue weighted by Crippen LogP contribution is -2.27. The molecule has 0 N–H and O–H groups in total. The van der Waals surface area contributed by atoms with Gasteiger partial charge in [0.15, 0.2) is 4.32 Å². The van der Waals surface area contributed by atoms with Crippen LogP contribution in [0.4, 0.5) is 11.4 Å². The van der Waals surface area contributed by atoms with Crippen LogP contribution in [-0.4, -0.2) is 30.9 Å². The van der Waals surface area contributed by atoms with Crippen molar-refractivity contribution in [2.24, 2.45) is 0 Å². The first-order chi connectivity index (χ1) is 13.5. The van der Waals surface area contributed by atoms with Crippen LogP contribution in [0.15, 0.2) is 53.4 Å². The van der Waals surface area contributed by atoms with Crippen molar-refractivity contribution in [2.75, 3.05) is 30.5 Å². The first-order valence-corrected chi connectivity index (χ1v) is 10.5. The van der Waals surface area contributed by atoms with Gasteiger partial charge in [0.2, 0.25) is 0 Å². The largest absolute Gasteiger partial charge is 0.494 e. The Morgan fingerprint density at radius 2 is 1.79 bits per heavy atom. The van der Waals surface area contributed by atoms with Gasteiger partial charge < -0.3 is 9.64 Å². The highest BCUT2D eigenvalue weighted by atomic mass is 32.2. The van der Waals surface area contributed by atoms with Crippen LogP contribution in [0.5, 0.6) is 5.75 Å². The third-order valence-corrected chi connectivity index (χ3v) is 5.66. The molecule has 4 nitrogen and oxygen atoms in total. The first kappa shape index (κ1) is 20.4. The standard InChI is InChI=1S/C22H24N2O2S2/c1-4-5-14-26-19-12-6-16(7-13-19)15-20-21(25)24(22(27)28-20)18-10-8-17(9-11-18)23(2)3/h6-13,15H,4-5,14H2,1-3H3/b20-15-. The van der Waals surface area contributed by atoms with Gasteiger partial charge in [0, 0.05) is 19.8 Å². The second kappa shape index (κ2) is 9.26. The molecule has 146 valence electrons. The van der Waals surface area contributed by atoms with Gasteiger partial charge in [-0.3, -0.25) is 9.69 Å². The summed E-state index contributed by atoms with van der Waals surface area (Å²) in [6.45, 7) is 2.86. The van der Waals surface area contributed by atoms with Crippen molar-refractivity contribution < 1.29 is 9.53 Å². The number of benzene rings is 2. The zero-order valence-electron chi connectivity index (χ0n) is 16.3. The van der Waals surface area contributed by atoms with E-state index in [1.165, 1.54) is 11.8 Å². The highest BCUT2D eigenvalue weighted by Crippen LogP contribution is 2.36. The van der Waals surface area contributed by atoms with E-state index in [0.29, 0.717) is 9.23 Å². The van der Waals surface area contributed by atoms with Crippen molar-refractivity contribution in [2.45, 2.75) is 19.8 Å². The Labute approximate surface area is 176 Å². The average molecular weight is 413 g/mol. The first-order valence-electron chi connectivity index (χ1n) is 9.28. The molecule has 1 amide bonds. The molecule has 1 fully saturated rings. The zero-order chi connectivity index (χ0) is 20.1.